The molecule has 0 bridgehead atoms. The molecule has 0 spiro atoms. The Hall–Kier alpha value is -1.27. The predicted octanol–water partition coefficient (Wildman–Crippen LogP) is 1.19. The third-order valence-corrected chi connectivity index (χ3v) is 3.38. The molecule has 1 aromatic rings. The maximum atomic E-state index is 10.8. The monoisotopic (exact) mass is 345 g/mol. The van der Waals surface area contributed by atoms with Gasteiger partial charge in [-0.2, -0.15) is 0 Å². The quantitative estimate of drug-likeness (QED) is 0.659. The van der Waals surface area contributed by atoms with Gasteiger partial charge in [-0.3, -0.25) is 4.79 Å². The van der Waals surface area contributed by atoms with Crippen molar-refractivity contribution in [1.82, 2.24) is 0 Å². The number of primary amides is 1. The minimum absolute atomic E-state index is 0.159. The molecule has 0 aliphatic rings. The molecule has 0 unspecified atom stereocenters. The van der Waals surface area contributed by atoms with Crippen LogP contribution in [0.3, 0.4) is 0 Å². The number of carbonyl (C=O) groups excluding carboxylic acids is 1. The molecule has 0 aromatic heterocycles. The molecule has 0 saturated heterocycles. The van der Waals surface area contributed by atoms with E-state index in [1.165, 1.54) is 0 Å². The average Bonchev–Trinajstić information content (AvgIpc) is 2.40. The lowest BCUT2D eigenvalue weighted by Crippen LogP contribution is -2.82. The first-order chi connectivity index (χ1) is 9.58. The summed E-state index contributed by atoms with van der Waals surface area (Å²) in [4.78, 5) is 10.8. The van der Waals surface area contributed by atoms with Gasteiger partial charge >= 0.3 is 0 Å². The summed E-state index contributed by atoms with van der Waals surface area (Å²) in [6.07, 6.45) is 1.13. The summed E-state index contributed by atoms with van der Waals surface area (Å²) < 4.78 is 11.9. The number of quaternary nitrogens is 1. The number of hydrogen-bond acceptors (Lipinski definition) is 3. The van der Waals surface area contributed by atoms with Crippen molar-refractivity contribution in [1.29, 1.82) is 0 Å². The normalized spacial score (nSPS) is 10.3. The third-order valence-electron chi connectivity index (χ3n) is 2.64. The number of ether oxygens (including phenoxy) is 2. The maximum absolute atomic E-state index is 10.8. The van der Waals surface area contributed by atoms with Gasteiger partial charge in [0.15, 0.2) is 18.1 Å². The number of carbonyl (C=O) groups is 1. The minimum atomic E-state index is -0.510. The van der Waals surface area contributed by atoms with Gasteiger partial charge in [0.1, 0.15) is 6.54 Å². The Balaban J connectivity index is 2.88. The molecule has 4 N–H and O–H groups in total. The molecule has 0 saturated carbocycles. The van der Waals surface area contributed by atoms with E-state index in [1.807, 2.05) is 19.1 Å². The summed E-state index contributed by atoms with van der Waals surface area (Å²) in [6, 6.07) is 3.76. The van der Waals surface area contributed by atoms with Crippen molar-refractivity contribution in [3.8, 4) is 11.5 Å². The first kappa shape index (κ1) is 16.8. The lowest BCUT2D eigenvalue weighted by Gasteiger charge is -2.14. The Labute approximate surface area is 127 Å². The van der Waals surface area contributed by atoms with E-state index in [9.17, 15) is 4.79 Å². The fraction of sp³-hybridized carbons (Fsp3) is 0.500. The van der Waals surface area contributed by atoms with Crippen LogP contribution in [0.5, 0.6) is 11.5 Å². The van der Waals surface area contributed by atoms with Crippen LogP contribution in [0.15, 0.2) is 16.6 Å². The van der Waals surface area contributed by atoms with Gasteiger partial charge in [-0.25, -0.2) is 0 Å². The van der Waals surface area contributed by atoms with Crippen LogP contribution in [0, 0.1) is 0 Å². The maximum Gasteiger partial charge on any atom is 0.255 e. The molecular formula is C14H22BrN2O3+. The molecule has 0 aliphatic carbocycles. The summed E-state index contributed by atoms with van der Waals surface area (Å²) in [5, 5.41) is 2.24. The molecule has 0 aliphatic heterocycles. The summed E-state index contributed by atoms with van der Waals surface area (Å²) in [5.41, 5.74) is 6.22. The minimum Gasteiger partial charge on any atom is -0.490 e. The van der Waals surface area contributed by atoms with E-state index in [-0.39, 0.29) is 6.61 Å². The smallest absolute Gasteiger partial charge is 0.255 e. The average molecular weight is 346 g/mol. The number of benzene rings is 1. The fourth-order valence-electron chi connectivity index (χ4n) is 1.73. The van der Waals surface area contributed by atoms with Crippen molar-refractivity contribution in [3.63, 3.8) is 0 Å². The van der Waals surface area contributed by atoms with E-state index < -0.39 is 5.91 Å². The van der Waals surface area contributed by atoms with Gasteiger partial charge in [-0.1, -0.05) is 22.9 Å². The number of halogens is 1. The lowest BCUT2D eigenvalue weighted by atomic mass is 10.2. The lowest BCUT2D eigenvalue weighted by molar-refractivity contribution is -0.670. The third kappa shape index (κ3) is 5.38. The van der Waals surface area contributed by atoms with Crippen molar-refractivity contribution in [2.24, 2.45) is 5.73 Å². The second-order valence-electron chi connectivity index (χ2n) is 4.36. The van der Waals surface area contributed by atoms with Gasteiger partial charge in [-0.15, -0.1) is 0 Å². The van der Waals surface area contributed by atoms with Gasteiger partial charge < -0.3 is 20.5 Å². The standard InChI is InChI=1S/C14H21BrN2O3/c1-3-5-17-8-10-6-12(19-4-2)13(7-11(10)15)20-9-14(16)18/h6-7,17H,3-5,8-9H2,1-2H3,(H2,16,18)/p+1. The molecule has 1 amide bonds. The highest BCUT2D eigenvalue weighted by molar-refractivity contribution is 9.10. The van der Waals surface area contributed by atoms with E-state index in [0.717, 1.165) is 29.5 Å². The van der Waals surface area contributed by atoms with Crippen molar-refractivity contribution in [2.75, 3.05) is 19.8 Å². The second kappa shape index (κ2) is 8.81. The zero-order valence-corrected chi connectivity index (χ0v) is 13.5. The summed E-state index contributed by atoms with van der Waals surface area (Å²) >= 11 is 3.52. The topological polar surface area (TPSA) is 78.2 Å². The van der Waals surface area contributed by atoms with Crippen LogP contribution in [-0.2, 0) is 11.3 Å². The van der Waals surface area contributed by atoms with Gasteiger partial charge in [0.05, 0.1) is 13.2 Å². The van der Waals surface area contributed by atoms with Crippen LogP contribution in [0.25, 0.3) is 0 Å². The van der Waals surface area contributed by atoms with E-state index in [0.29, 0.717) is 18.1 Å². The molecule has 1 rings (SSSR count). The largest absolute Gasteiger partial charge is 0.490 e. The molecule has 5 nitrogen and oxygen atoms in total. The Morgan fingerprint density at radius 1 is 1.30 bits per heavy atom. The highest BCUT2D eigenvalue weighted by Crippen LogP contribution is 2.33. The number of rotatable bonds is 9. The first-order valence-corrected chi connectivity index (χ1v) is 7.55. The molecule has 0 atom stereocenters. The van der Waals surface area contributed by atoms with Gasteiger partial charge in [-0.05, 0) is 25.5 Å². The highest BCUT2D eigenvalue weighted by Gasteiger charge is 2.12. The zero-order valence-electron chi connectivity index (χ0n) is 11.9. The van der Waals surface area contributed by atoms with Crippen molar-refractivity contribution < 1.29 is 19.6 Å². The Morgan fingerprint density at radius 2 is 2.00 bits per heavy atom. The Kier molecular flexibility index (Phi) is 7.40. The first-order valence-electron chi connectivity index (χ1n) is 6.76. The Morgan fingerprint density at radius 3 is 2.60 bits per heavy atom. The molecule has 112 valence electrons. The van der Waals surface area contributed by atoms with Crippen molar-refractivity contribution in [2.45, 2.75) is 26.8 Å². The van der Waals surface area contributed by atoms with E-state index in [2.05, 4.69) is 28.2 Å². The zero-order chi connectivity index (χ0) is 15.0. The van der Waals surface area contributed by atoms with Crippen LogP contribution in [-0.4, -0.2) is 25.7 Å². The molecule has 6 heteroatoms. The van der Waals surface area contributed by atoms with E-state index in [1.54, 1.807) is 0 Å². The van der Waals surface area contributed by atoms with E-state index in [4.69, 9.17) is 15.2 Å². The summed E-state index contributed by atoms with van der Waals surface area (Å²) in [6.45, 7) is 6.38. The van der Waals surface area contributed by atoms with Gasteiger partial charge in [0.2, 0.25) is 0 Å². The van der Waals surface area contributed by atoms with Crippen LogP contribution < -0.4 is 20.5 Å². The van der Waals surface area contributed by atoms with Crippen molar-refractivity contribution >= 4 is 21.8 Å². The van der Waals surface area contributed by atoms with Crippen LogP contribution in [0.4, 0.5) is 0 Å². The number of hydrogen-bond donors (Lipinski definition) is 2. The molecular weight excluding hydrogens is 324 g/mol. The summed E-state index contributed by atoms with van der Waals surface area (Å²) in [7, 11) is 0. The highest BCUT2D eigenvalue weighted by atomic mass is 79.9. The SMILES string of the molecule is CCC[NH2+]Cc1cc(OCC)c(OCC(N)=O)cc1Br. The fourth-order valence-corrected chi connectivity index (χ4v) is 2.21. The van der Waals surface area contributed by atoms with Crippen molar-refractivity contribution in [3.05, 3.63) is 22.2 Å². The molecule has 0 radical (unpaired) electrons. The molecule has 0 fully saturated rings. The Bertz CT molecular complexity index is 452. The van der Waals surface area contributed by atoms with Gasteiger partial charge in [0.25, 0.3) is 5.91 Å². The van der Waals surface area contributed by atoms with Crippen LogP contribution in [0.2, 0.25) is 0 Å². The predicted molar refractivity (Wildman–Crippen MR) is 80.8 cm³/mol. The van der Waals surface area contributed by atoms with Crippen LogP contribution in [0.1, 0.15) is 25.8 Å². The van der Waals surface area contributed by atoms with Gasteiger partial charge in [0, 0.05) is 10.0 Å². The molecule has 1 aromatic carbocycles. The molecule has 0 heterocycles. The summed E-state index contributed by atoms with van der Waals surface area (Å²) in [5.74, 6) is 0.651. The van der Waals surface area contributed by atoms with Crippen LogP contribution >= 0.6 is 15.9 Å². The van der Waals surface area contributed by atoms with E-state index >= 15 is 0 Å². The number of amides is 1. The number of nitrogens with two attached hydrogens (primary N) is 2. The molecule has 20 heavy (non-hydrogen) atoms. The second-order valence-corrected chi connectivity index (χ2v) is 5.21.